The maximum atomic E-state index is 11.8. The number of ether oxygens (including phenoxy) is 2. The summed E-state index contributed by atoms with van der Waals surface area (Å²) < 4.78 is 31.9. The van der Waals surface area contributed by atoms with Crippen molar-refractivity contribution in [3.05, 3.63) is 43.8 Å². The van der Waals surface area contributed by atoms with Gasteiger partial charge in [-0.1, -0.05) is 0 Å². The Labute approximate surface area is 159 Å². The van der Waals surface area contributed by atoms with Gasteiger partial charge in [0.15, 0.2) is 0 Å². The third-order valence-electron chi connectivity index (χ3n) is 2.90. The molecule has 0 fully saturated rings. The predicted molar refractivity (Wildman–Crippen MR) is 97.7 cm³/mol. The minimum Gasteiger partial charge on any atom is -0.462 e. The van der Waals surface area contributed by atoms with Gasteiger partial charge < -0.3 is 9.47 Å². The zero-order valence-electron chi connectivity index (χ0n) is 14.3. The summed E-state index contributed by atoms with van der Waals surface area (Å²) in [6, 6.07) is 6.70. The molecule has 0 spiro atoms. The second-order valence-corrected chi connectivity index (χ2v) is 8.04. The van der Waals surface area contributed by atoms with Crippen molar-refractivity contribution >= 4 is 42.9 Å². The Balaban J connectivity index is 1.75. The predicted octanol–water partition coefficient (Wildman–Crippen LogP) is 4.55. The molecule has 26 heavy (non-hydrogen) atoms. The summed E-state index contributed by atoms with van der Waals surface area (Å²) in [7, 11) is -2.32. The van der Waals surface area contributed by atoms with E-state index in [2.05, 4.69) is 0 Å². The van der Waals surface area contributed by atoms with Crippen LogP contribution in [0.4, 0.5) is 0 Å². The van der Waals surface area contributed by atoms with E-state index in [0.717, 1.165) is 9.75 Å². The van der Waals surface area contributed by atoms with Crippen molar-refractivity contribution in [2.75, 3.05) is 13.2 Å². The van der Waals surface area contributed by atoms with Crippen LogP contribution in [0.15, 0.2) is 24.3 Å². The van der Waals surface area contributed by atoms with Crippen molar-refractivity contribution in [1.82, 2.24) is 0 Å². The third-order valence-corrected chi connectivity index (χ3v) is 5.66. The largest absolute Gasteiger partial charge is 0.698 e. The molecule has 0 radical (unpaired) electrons. The molecule has 2 rings (SSSR count). The van der Waals surface area contributed by atoms with Crippen LogP contribution < -0.4 is 0 Å². The van der Waals surface area contributed by atoms with Gasteiger partial charge >= 0.3 is 20.2 Å². The first-order valence-corrected chi connectivity index (χ1v) is 10.5. The molecule has 0 aliphatic rings. The van der Waals surface area contributed by atoms with Gasteiger partial charge in [0.05, 0.1) is 13.2 Å². The summed E-state index contributed by atoms with van der Waals surface area (Å²) in [6.07, 6.45) is 0. The maximum absolute atomic E-state index is 11.8. The molecule has 0 aliphatic carbocycles. The standard InChI is InChI=1S/C16H18O7PS2/c1-3-20-15(17)13-7-5-11(25-13)9-22-24(19)23-10-12-6-8-14(26-12)16(18)21-4-2/h5-8H,3-4,9-10H2,1-2H3/q+1. The van der Waals surface area contributed by atoms with Crippen LogP contribution in [0.3, 0.4) is 0 Å². The fourth-order valence-corrected chi connectivity index (χ4v) is 4.17. The lowest BCUT2D eigenvalue weighted by Crippen LogP contribution is -2.01. The average molecular weight is 417 g/mol. The molecular formula is C16H18O7PS2+. The molecule has 0 unspecified atom stereocenters. The van der Waals surface area contributed by atoms with Crippen LogP contribution >= 0.6 is 30.9 Å². The lowest BCUT2D eigenvalue weighted by Gasteiger charge is -1.96. The number of hydrogen-bond donors (Lipinski definition) is 0. The van der Waals surface area contributed by atoms with E-state index in [4.69, 9.17) is 18.5 Å². The topological polar surface area (TPSA) is 88.1 Å². The van der Waals surface area contributed by atoms with Crippen molar-refractivity contribution in [2.45, 2.75) is 27.1 Å². The van der Waals surface area contributed by atoms with Crippen LogP contribution in [0.5, 0.6) is 0 Å². The Morgan fingerprint density at radius 3 is 1.65 bits per heavy atom. The highest BCUT2D eigenvalue weighted by Gasteiger charge is 2.22. The van der Waals surface area contributed by atoms with Crippen molar-refractivity contribution in [3.63, 3.8) is 0 Å². The molecule has 7 nitrogen and oxygen atoms in total. The zero-order valence-corrected chi connectivity index (χ0v) is 16.8. The average Bonchev–Trinajstić information content (AvgIpc) is 3.28. The van der Waals surface area contributed by atoms with E-state index >= 15 is 0 Å². The molecule has 0 aliphatic heterocycles. The highest BCUT2D eigenvalue weighted by atomic mass is 32.1. The van der Waals surface area contributed by atoms with Gasteiger partial charge in [0.2, 0.25) is 0 Å². The van der Waals surface area contributed by atoms with Crippen LogP contribution in [0.2, 0.25) is 0 Å². The molecule has 0 N–H and O–H groups in total. The minimum atomic E-state index is -2.32. The van der Waals surface area contributed by atoms with Gasteiger partial charge in [-0.05, 0) is 38.1 Å². The van der Waals surface area contributed by atoms with Gasteiger partial charge in [0.25, 0.3) is 0 Å². The van der Waals surface area contributed by atoms with Crippen molar-refractivity contribution in [1.29, 1.82) is 0 Å². The number of thiophene rings is 2. The van der Waals surface area contributed by atoms with Gasteiger partial charge in [-0.15, -0.1) is 31.7 Å². The molecule has 2 aromatic heterocycles. The third kappa shape index (κ3) is 6.26. The number of esters is 2. The SMILES string of the molecule is CCOC(=O)c1ccc(CO[P+](=O)OCc2ccc(C(=O)OCC)s2)s1. The maximum Gasteiger partial charge on any atom is 0.698 e. The molecule has 0 saturated heterocycles. The van der Waals surface area contributed by atoms with Crippen LogP contribution in [-0.4, -0.2) is 25.2 Å². The fourth-order valence-electron chi connectivity index (χ4n) is 1.80. The summed E-state index contributed by atoms with van der Waals surface area (Å²) in [5.41, 5.74) is 0. The van der Waals surface area contributed by atoms with E-state index in [1.807, 2.05) is 0 Å². The van der Waals surface area contributed by atoms with E-state index in [1.54, 1.807) is 38.1 Å². The first-order valence-electron chi connectivity index (χ1n) is 7.78. The van der Waals surface area contributed by atoms with E-state index < -0.39 is 8.25 Å². The molecule has 0 atom stereocenters. The van der Waals surface area contributed by atoms with Gasteiger partial charge in [-0.25, -0.2) is 9.59 Å². The highest BCUT2D eigenvalue weighted by Crippen LogP contribution is 2.30. The van der Waals surface area contributed by atoms with E-state index in [9.17, 15) is 14.2 Å². The number of hydrogen-bond acceptors (Lipinski definition) is 9. The molecule has 0 bridgehead atoms. The van der Waals surface area contributed by atoms with Crippen molar-refractivity contribution in [3.8, 4) is 0 Å². The van der Waals surface area contributed by atoms with Gasteiger partial charge in [0, 0.05) is 14.3 Å². The van der Waals surface area contributed by atoms with E-state index in [-0.39, 0.29) is 25.2 Å². The molecule has 140 valence electrons. The number of carbonyl (C=O) groups excluding carboxylic acids is 2. The first kappa shape index (κ1) is 20.7. The van der Waals surface area contributed by atoms with Crippen LogP contribution in [0.1, 0.15) is 42.9 Å². The molecule has 2 heterocycles. The number of carbonyl (C=O) groups is 2. The van der Waals surface area contributed by atoms with Gasteiger partial charge in [0.1, 0.15) is 23.0 Å². The molecule has 0 saturated carbocycles. The van der Waals surface area contributed by atoms with E-state index in [1.165, 1.54) is 22.7 Å². The van der Waals surface area contributed by atoms with Crippen LogP contribution in [0.25, 0.3) is 0 Å². The van der Waals surface area contributed by atoms with Crippen LogP contribution in [-0.2, 0) is 36.3 Å². The summed E-state index contributed by atoms with van der Waals surface area (Å²) in [5.74, 6) is -0.779. The first-order chi connectivity index (χ1) is 12.5. The lowest BCUT2D eigenvalue weighted by atomic mass is 10.4. The van der Waals surface area contributed by atoms with E-state index in [0.29, 0.717) is 23.0 Å². The Morgan fingerprint density at radius 2 is 1.27 bits per heavy atom. The van der Waals surface area contributed by atoms with Crippen LogP contribution in [0, 0.1) is 0 Å². The van der Waals surface area contributed by atoms with Gasteiger partial charge in [-0.2, -0.15) is 0 Å². The lowest BCUT2D eigenvalue weighted by molar-refractivity contribution is 0.0522. The molecule has 0 amide bonds. The summed E-state index contributed by atoms with van der Waals surface area (Å²) >= 11 is 2.43. The molecule has 0 aromatic carbocycles. The Bertz CT molecular complexity index is 706. The fraction of sp³-hybridized carbons (Fsp3) is 0.375. The zero-order chi connectivity index (χ0) is 18.9. The highest BCUT2D eigenvalue weighted by molar-refractivity contribution is 7.33. The summed E-state index contributed by atoms with van der Waals surface area (Å²) in [5, 5.41) is 0. The second kappa shape index (κ2) is 10.5. The molecular weight excluding hydrogens is 399 g/mol. The summed E-state index contributed by atoms with van der Waals surface area (Å²) in [4.78, 5) is 25.6. The van der Waals surface area contributed by atoms with Gasteiger partial charge in [-0.3, -0.25) is 0 Å². The monoisotopic (exact) mass is 417 g/mol. The quantitative estimate of drug-likeness (QED) is 0.414. The van der Waals surface area contributed by atoms with Crippen molar-refractivity contribution in [2.24, 2.45) is 0 Å². The second-order valence-electron chi connectivity index (χ2n) is 4.74. The minimum absolute atomic E-state index is 0.0673. The Morgan fingerprint density at radius 1 is 0.846 bits per heavy atom. The molecule has 10 heteroatoms. The molecule has 2 aromatic rings. The Hall–Kier alpha value is -1.64. The van der Waals surface area contributed by atoms with Crippen molar-refractivity contribution < 1.29 is 32.7 Å². The number of rotatable bonds is 10. The smallest absolute Gasteiger partial charge is 0.462 e. The normalized spacial score (nSPS) is 10.5. The summed E-state index contributed by atoms with van der Waals surface area (Å²) in [6.45, 7) is 4.23. The Kier molecular flexibility index (Phi) is 8.34.